The van der Waals surface area contributed by atoms with Gasteiger partial charge < -0.3 is 10.2 Å². The van der Waals surface area contributed by atoms with Crippen molar-refractivity contribution in [1.82, 2.24) is 15.2 Å². The van der Waals surface area contributed by atoms with Gasteiger partial charge in [-0.3, -0.25) is 5.10 Å². The molecule has 16 heavy (non-hydrogen) atoms. The number of thiazole rings is 1. The van der Waals surface area contributed by atoms with Crippen molar-refractivity contribution in [2.75, 3.05) is 0 Å². The number of aromatic nitrogens is 3. The number of H-pyrrole nitrogens is 1. The minimum Gasteiger partial charge on any atom is -0.476 e. The van der Waals surface area contributed by atoms with Crippen LogP contribution < -0.4 is 0 Å². The number of carboxylic acid groups (broad SMARTS) is 1. The zero-order chi connectivity index (χ0) is 11.3. The summed E-state index contributed by atoms with van der Waals surface area (Å²) in [5.41, 5.74) is 3.29. The predicted octanol–water partition coefficient (Wildman–Crippen LogP) is 0.821. The number of nitrogens with one attached hydrogen (secondary N) is 1. The van der Waals surface area contributed by atoms with Gasteiger partial charge in [0.05, 0.1) is 27.9 Å². The van der Waals surface area contributed by atoms with E-state index in [-0.39, 0.29) is 5.69 Å². The fourth-order valence-corrected chi connectivity index (χ4v) is 2.75. The quantitative estimate of drug-likeness (QED) is 0.682. The summed E-state index contributed by atoms with van der Waals surface area (Å²) in [5, 5.41) is 25.2. The number of aliphatic hydroxyl groups is 1. The molecule has 1 atom stereocenters. The van der Waals surface area contributed by atoms with Gasteiger partial charge in [-0.1, -0.05) is 0 Å². The lowest BCUT2D eigenvalue weighted by Gasteiger charge is -2.16. The second-order valence-corrected chi connectivity index (χ2v) is 4.37. The van der Waals surface area contributed by atoms with Gasteiger partial charge in [0.2, 0.25) is 0 Å². The van der Waals surface area contributed by atoms with Gasteiger partial charge in [-0.15, -0.1) is 11.3 Å². The molecule has 2 aromatic rings. The Bertz CT molecular complexity index is 574. The largest absolute Gasteiger partial charge is 0.476 e. The van der Waals surface area contributed by atoms with E-state index in [1.165, 1.54) is 11.3 Å². The maximum atomic E-state index is 10.9. The van der Waals surface area contributed by atoms with Crippen LogP contribution in [0.25, 0.3) is 10.6 Å². The van der Waals surface area contributed by atoms with Crippen LogP contribution in [-0.2, 0) is 6.42 Å². The maximum absolute atomic E-state index is 10.9. The first-order valence-electron chi connectivity index (χ1n) is 4.61. The van der Waals surface area contributed by atoms with Crippen LogP contribution in [0.15, 0.2) is 5.51 Å². The standard InChI is InChI=1S/C9H7N3O3S/c13-4-1-3-8(16-2-10-3)6-5(4)7(9(14)15)12-11-6/h2,4,13H,1H2,(H,11,12)(H,14,15). The lowest BCUT2D eigenvalue weighted by Crippen LogP contribution is -2.12. The molecule has 2 aromatic heterocycles. The summed E-state index contributed by atoms with van der Waals surface area (Å²) in [6.45, 7) is 0. The predicted molar refractivity (Wildman–Crippen MR) is 55.3 cm³/mol. The van der Waals surface area contributed by atoms with Crippen LogP contribution in [0.5, 0.6) is 0 Å². The molecule has 82 valence electrons. The molecule has 0 bridgehead atoms. The maximum Gasteiger partial charge on any atom is 0.356 e. The van der Waals surface area contributed by atoms with Crippen molar-refractivity contribution in [3.8, 4) is 10.6 Å². The highest BCUT2D eigenvalue weighted by atomic mass is 32.1. The molecule has 1 aliphatic rings. The lowest BCUT2D eigenvalue weighted by atomic mass is 9.95. The van der Waals surface area contributed by atoms with Crippen LogP contribution in [0.1, 0.15) is 27.8 Å². The Balaban J connectivity index is 2.27. The molecular weight excluding hydrogens is 230 g/mol. The van der Waals surface area contributed by atoms with E-state index in [9.17, 15) is 9.90 Å². The van der Waals surface area contributed by atoms with E-state index in [4.69, 9.17) is 5.11 Å². The van der Waals surface area contributed by atoms with Crippen molar-refractivity contribution in [2.45, 2.75) is 12.5 Å². The summed E-state index contributed by atoms with van der Waals surface area (Å²) < 4.78 is 0. The number of nitrogens with zero attached hydrogens (tertiary/aromatic N) is 2. The molecule has 7 heteroatoms. The van der Waals surface area contributed by atoms with E-state index in [0.717, 1.165) is 10.6 Å². The first-order chi connectivity index (χ1) is 7.68. The lowest BCUT2D eigenvalue weighted by molar-refractivity contribution is 0.0682. The van der Waals surface area contributed by atoms with E-state index in [1.54, 1.807) is 5.51 Å². The number of hydrogen-bond donors (Lipinski definition) is 3. The number of aromatic carboxylic acids is 1. The Labute approximate surface area is 93.6 Å². The van der Waals surface area contributed by atoms with Crippen LogP contribution in [0.3, 0.4) is 0 Å². The fourth-order valence-electron chi connectivity index (χ4n) is 1.91. The number of aliphatic hydroxyl groups excluding tert-OH is 1. The molecule has 3 rings (SSSR count). The van der Waals surface area contributed by atoms with E-state index < -0.39 is 12.1 Å². The van der Waals surface area contributed by atoms with Gasteiger partial charge in [0.15, 0.2) is 5.69 Å². The zero-order valence-corrected chi connectivity index (χ0v) is 8.78. The van der Waals surface area contributed by atoms with Crippen molar-refractivity contribution in [3.05, 3.63) is 22.5 Å². The fraction of sp³-hybridized carbons (Fsp3) is 0.222. The van der Waals surface area contributed by atoms with E-state index in [2.05, 4.69) is 15.2 Å². The molecule has 2 heterocycles. The topological polar surface area (TPSA) is 99.1 Å². The Morgan fingerprint density at radius 3 is 3.19 bits per heavy atom. The summed E-state index contributed by atoms with van der Waals surface area (Å²) in [6.07, 6.45) is -0.513. The van der Waals surface area contributed by atoms with Gasteiger partial charge in [0.25, 0.3) is 0 Å². The van der Waals surface area contributed by atoms with Crippen molar-refractivity contribution in [1.29, 1.82) is 0 Å². The highest BCUT2D eigenvalue weighted by Gasteiger charge is 2.32. The minimum atomic E-state index is -1.13. The third-order valence-corrected chi connectivity index (χ3v) is 3.48. The summed E-state index contributed by atoms with van der Waals surface area (Å²) in [7, 11) is 0. The van der Waals surface area contributed by atoms with E-state index in [1.807, 2.05) is 0 Å². The number of fused-ring (bicyclic) bond motifs is 3. The zero-order valence-electron chi connectivity index (χ0n) is 7.97. The van der Waals surface area contributed by atoms with Crippen LogP contribution in [-0.4, -0.2) is 31.4 Å². The molecule has 3 N–H and O–H groups in total. The number of rotatable bonds is 1. The molecule has 0 saturated heterocycles. The number of hydrogen-bond acceptors (Lipinski definition) is 5. The first-order valence-corrected chi connectivity index (χ1v) is 5.48. The van der Waals surface area contributed by atoms with Gasteiger partial charge in [-0.25, -0.2) is 9.78 Å². The van der Waals surface area contributed by atoms with Gasteiger partial charge in [0.1, 0.15) is 0 Å². The van der Waals surface area contributed by atoms with Gasteiger partial charge in [-0.05, 0) is 0 Å². The summed E-state index contributed by atoms with van der Waals surface area (Å²) in [5.74, 6) is -1.13. The molecule has 6 nitrogen and oxygen atoms in total. The molecule has 0 amide bonds. The molecule has 0 fully saturated rings. The van der Waals surface area contributed by atoms with Crippen molar-refractivity contribution in [3.63, 3.8) is 0 Å². The highest BCUT2D eigenvalue weighted by molar-refractivity contribution is 7.13. The second-order valence-electron chi connectivity index (χ2n) is 3.51. The van der Waals surface area contributed by atoms with E-state index in [0.29, 0.717) is 17.7 Å². The van der Waals surface area contributed by atoms with Crippen LogP contribution in [0.2, 0.25) is 0 Å². The first kappa shape index (κ1) is 9.49. The molecule has 1 aliphatic carbocycles. The molecule has 0 radical (unpaired) electrons. The highest BCUT2D eigenvalue weighted by Crippen LogP contribution is 2.40. The Hall–Kier alpha value is -1.73. The summed E-state index contributed by atoms with van der Waals surface area (Å²) in [6, 6.07) is 0. The number of aromatic amines is 1. The third kappa shape index (κ3) is 1.12. The van der Waals surface area contributed by atoms with Crippen LogP contribution >= 0.6 is 11.3 Å². The van der Waals surface area contributed by atoms with Crippen LogP contribution in [0.4, 0.5) is 0 Å². The minimum absolute atomic E-state index is 0.110. The molecule has 0 aliphatic heterocycles. The smallest absolute Gasteiger partial charge is 0.356 e. The van der Waals surface area contributed by atoms with Gasteiger partial charge in [0, 0.05) is 12.0 Å². The summed E-state index contributed by atoms with van der Waals surface area (Å²) >= 11 is 1.41. The average molecular weight is 237 g/mol. The normalized spacial score (nSPS) is 17.9. The SMILES string of the molecule is O=C(O)c1n[nH]c2c1C(O)Cc1ncsc1-2. The Kier molecular flexibility index (Phi) is 1.86. The van der Waals surface area contributed by atoms with Crippen molar-refractivity contribution >= 4 is 17.3 Å². The third-order valence-electron chi connectivity index (χ3n) is 2.59. The van der Waals surface area contributed by atoms with Gasteiger partial charge in [-0.2, -0.15) is 5.10 Å². The number of carboxylic acids is 1. The number of carbonyl (C=O) groups is 1. The van der Waals surface area contributed by atoms with Crippen molar-refractivity contribution in [2.24, 2.45) is 0 Å². The van der Waals surface area contributed by atoms with Crippen molar-refractivity contribution < 1.29 is 15.0 Å². The molecule has 0 aromatic carbocycles. The average Bonchev–Trinajstić information content (AvgIpc) is 2.80. The molecule has 0 saturated carbocycles. The van der Waals surface area contributed by atoms with E-state index >= 15 is 0 Å². The second kappa shape index (κ2) is 3.13. The van der Waals surface area contributed by atoms with Gasteiger partial charge >= 0.3 is 5.97 Å². The Morgan fingerprint density at radius 2 is 2.44 bits per heavy atom. The van der Waals surface area contributed by atoms with Crippen LogP contribution in [0, 0.1) is 0 Å². The summed E-state index contributed by atoms with van der Waals surface area (Å²) in [4.78, 5) is 15.9. The molecule has 1 unspecified atom stereocenters. The monoisotopic (exact) mass is 237 g/mol. The Morgan fingerprint density at radius 1 is 1.62 bits per heavy atom. The molecule has 0 spiro atoms. The molecular formula is C9H7N3O3S.